The first-order valence-corrected chi connectivity index (χ1v) is 7.70. The van der Waals surface area contributed by atoms with Gasteiger partial charge in [-0.2, -0.15) is 0 Å². The third kappa shape index (κ3) is 14.2. The molecule has 0 fully saturated rings. The van der Waals surface area contributed by atoms with E-state index in [2.05, 4.69) is 0 Å². The lowest BCUT2D eigenvalue weighted by atomic mass is 10.1. The molecule has 1 aromatic carbocycles. The van der Waals surface area contributed by atoms with Gasteiger partial charge in [0.05, 0.1) is 6.10 Å². The van der Waals surface area contributed by atoms with E-state index >= 15 is 0 Å². The Bertz CT molecular complexity index is 590. The Balaban J connectivity index is 0. The van der Waals surface area contributed by atoms with Crippen LogP contribution in [0, 0.1) is 0 Å². The zero-order valence-electron chi connectivity index (χ0n) is 15.0. The molecule has 1 rings (SSSR count). The summed E-state index contributed by atoms with van der Waals surface area (Å²) in [5, 5.41) is 41.9. The SMILES string of the molecule is C[C@@H](O)[C@H](N)C(=O)O.C[C@H](N)C(=O)O.N[C@@H](Cc1ccc(O)cc1)C(=O)O. The second-order valence-corrected chi connectivity index (χ2v) is 5.55. The monoisotopic (exact) mass is 389 g/mol. The van der Waals surface area contributed by atoms with Gasteiger partial charge in [-0.3, -0.25) is 14.4 Å². The molecular formula is C16H27N3O8. The second-order valence-electron chi connectivity index (χ2n) is 5.55. The number of aliphatic carboxylic acids is 3. The van der Waals surface area contributed by atoms with Crippen LogP contribution in [0.15, 0.2) is 24.3 Å². The standard InChI is InChI=1S/C9H11NO3.C4H9NO3.C3H7NO2/c10-8(9(12)13)5-6-1-3-7(11)4-2-6;1-2(6)3(5)4(7)8;1-2(4)3(5)6/h1-4,8,11H,5,10H2,(H,12,13);2-3,6H,5H2,1H3,(H,7,8);2H,4H2,1H3,(H,5,6)/t8-;2-,3+;2-/m010/s1. The molecule has 0 unspecified atom stereocenters. The molecule has 11 heteroatoms. The van der Waals surface area contributed by atoms with Gasteiger partial charge >= 0.3 is 17.9 Å². The number of aliphatic hydroxyl groups is 1. The summed E-state index contributed by atoms with van der Waals surface area (Å²) in [5.41, 5.74) is 15.9. The van der Waals surface area contributed by atoms with E-state index in [4.69, 9.17) is 42.7 Å². The zero-order chi connectivity index (χ0) is 21.7. The fourth-order valence-electron chi connectivity index (χ4n) is 1.18. The summed E-state index contributed by atoms with van der Waals surface area (Å²) in [5.74, 6) is -3.00. The van der Waals surface area contributed by atoms with E-state index in [0.717, 1.165) is 5.56 Å². The smallest absolute Gasteiger partial charge is 0.323 e. The number of hydrogen-bond acceptors (Lipinski definition) is 8. The number of nitrogens with two attached hydrogens (primary N) is 3. The molecule has 0 bridgehead atoms. The number of carbonyl (C=O) groups is 3. The third-order valence-electron chi connectivity index (χ3n) is 2.90. The van der Waals surface area contributed by atoms with Gasteiger partial charge in [0.2, 0.25) is 0 Å². The van der Waals surface area contributed by atoms with Gasteiger partial charge in [-0.1, -0.05) is 12.1 Å². The average molecular weight is 389 g/mol. The van der Waals surface area contributed by atoms with E-state index in [1.54, 1.807) is 12.1 Å². The van der Waals surface area contributed by atoms with Crippen LogP contribution in [0.3, 0.4) is 0 Å². The third-order valence-corrected chi connectivity index (χ3v) is 2.90. The largest absolute Gasteiger partial charge is 0.508 e. The molecular weight excluding hydrogens is 362 g/mol. The maximum Gasteiger partial charge on any atom is 0.323 e. The molecule has 0 aliphatic carbocycles. The predicted molar refractivity (Wildman–Crippen MR) is 96.0 cm³/mol. The van der Waals surface area contributed by atoms with Crippen molar-refractivity contribution in [1.82, 2.24) is 0 Å². The molecule has 11 N–H and O–H groups in total. The van der Waals surface area contributed by atoms with Crippen molar-refractivity contribution in [2.75, 3.05) is 0 Å². The fraction of sp³-hybridized carbons (Fsp3) is 0.438. The van der Waals surface area contributed by atoms with Gasteiger partial charge in [0.15, 0.2) is 0 Å². The maximum atomic E-state index is 10.4. The van der Waals surface area contributed by atoms with Gasteiger partial charge in [-0.15, -0.1) is 0 Å². The lowest BCUT2D eigenvalue weighted by Gasteiger charge is -2.06. The number of rotatable bonds is 6. The van der Waals surface area contributed by atoms with Crippen molar-refractivity contribution in [3.8, 4) is 5.75 Å². The first-order valence-electron chi connectivity index (χ1n) is 7.70. The minimum Gasteiger partial charge on any atom is -0.508 e. The highest BCUT2D eigenvalue weighted by Crippen LogP contribution is 2.10. The number of phenols is 1. The van der Waals surface area contributed by atoms with Crippen LogP contribution < -0.4 is 17.2 Å². The molecule has 0 spiro atoms. The minimum atomic E-state index is -1.18. The summed E-state index contributed by atoms with van der Waals surface area (Å²) in [6.45, 7) is 2.75. The summed E-state index contributed by atoms with van der Waals surface area (Å²) >= 11 is 0. The number of aliphatic hydroxyl groups excluding tert-OH is 1. The molecule has 27 heavy (non-hydrogen) atoms. The Hall–Kier alpha value is -2.73. The van der Waals surface area contributed by atoms with Gasteiger partial charge in [0.25, 0.3) is 0 Å². The molecule has 0 radical (unpaired) electrons. The van der Waals surface area contributed by atoms with E-state index in [1.807, 2.05) is 0 Å². The number of aromatic hydroxyl groups is 1. The highest BCUT2D eigenvalue weighted by molar-refractivity contribution is 5.74. The van der Waals surface area contributed by atoms with Crippen molar-refractivity contribution >= 4 is 17.9 Å². The first kappa shape index (κ1) is 26.5. The van der Waals surface area contributed by atoms with E-state index in [1.165, 1.54) is 26.0 Å². The molecule has 1 aromatic rings. The van der Waals surface area contributed by atoms with Crippen molar-refractivity contribution in [2.24, 2.45) is 17.2 Å². The van der Waals surface area contributed by atoms with Crippen molar-refractivity contribution < 1.29 is 39.9 Å². The maximum absolute atomic E-state index is 10.4. The lowest BCUT2D eigenvalue weighted by molar-refractivity contribution is -0.141. The summed E-state index contributed by atoms with van der Waals surface area (Å²) in [6.07, 6.45) is -0.706. The summed E-state index contributed by atoms with van der Waals surface area (Å²) in [4.78, 5) is 29.8. The minimum absolute atomic E-state index is 0.160. The Morgan fingerprint density at radius 1 is 0.889 bits per heavy atom. The summed E-state index contributed by atoms with van der Waals surface area (Å²) < 4.78 is 0. The molecule has 0 saturated heterocycles. The average Bonchev–Trinajstić information content (AvgIpc) is 2.56. The second kappa shape index (κ2) is 13.5. The van der Waals surface area contributed by atoms with Gasteiger partial charge in [-0.05, 0) is 38.0 Å². The Labute approximate surface area is 156 Å². The highest BCUT2D eigenvalue weighted by atomic mass is 16.4. The number of phenolic OH excluding ortho intramolecular Hbond substituents is 1. The number of benzene rings is 1. The first-order chi connectivity index (χ1) is 12.3. The van der Waals surface area contributed by atoms with E-state index in [0.29, 0.717) is 0 Å². The van der Waals surface area contributed by atoms with Crippen molar-refractivity contribution in [3.63, 3.8) is 0 Å². The number of hydrogen-bond donors (Lipinski definition) is 8. The van der Waals surface area contributed by atoms with Crippen molar-refractivity contribution in [2.45, 2.75) is 44.5 Å². The van der Waals surface area contributed by atoms with Crippen molar-refractivity contribution in [3.05, 3.63) is 29.8 Å². The van der Waals surface area contributed by atoms with Crippen LogP contribution in [0.2, 0.25) is 0 Å². The van der Waals surface area contributed by atoms with Gasteiger partial charge in [0, 0.05) is 0 Å². The Morgan fingerprint density at radius 2 is 1.30 bits per heavy atom. The molecule has 0 amide bonds. The van der Waals surface area contributed by atoms with Crippen LogP contribution in [0.5, 0.6) is 5.75 Å². The molecule has 0 heterocycles. The van der Waals surface area contributed by atoms with Crippen LogP contribution >= 0.6 is 0 Å². The normalized spacial score (nSPS) is 14.1. The van der Waals surface area contributed by atoms with Gasteiger partial charge < -0.3 is 42.7 Å². The Kier molecular flexibility index (Phi) is 13.2. The molecule has 0 aromatic heterocycles. The fourth-order valence-corrected chi connectivity index (χ4v) is 1.18. The van der Waals surface area contributed by atoms with E-state index in [9.17, 15) is 14.4 Å². The molecule has 11 nitrogen and oxygen atoms in total. The van der Waals surface area contributed by atoms with Crippen LogP contribution in [-0.4, -0.2) is 67.7 Å². The van der Waals surface area contributed by atoms with Gasteiger partial charge in [-0.25, -0.2) is 0 Å². The van der Waals surface area contributed by atoms with Crippen LogP contribution in [0.4, 0.5) is 0 Å². The zero-order valence-corrected chi connectivity index (χ0v) is 15.0. The van der Waals surface area contributed by atoms with Crippen molar-refractivity contribution in [1.29, 1.82) is 0 Å². The predicted octanol–water partition coefficient (Wildman–Crippen LogP) is -1.46. The van der Waals surface area contributed by atoms with Crippen LogP contribution in [0.1, 0.15) is 19.4 Å². The van der Waals surface area contributed by atoms with Crippen LogP contribution in [-0.2, 0) is 20.8 Å². The topological polar surface area (TPSA) is 230 Å². The lowest BCUT2D eigenvalue weighted by Crippen LogP contribution is -2.39. The quantitative estimate of drug-likeness (QED) is 0.280. The molecule has 154 valence electrons. The summed E-state index contributed by atoms with van der Waals surface area (Å²) in [7, 11) is 0. The Morgan fingerprint density at radius 3 is 1.52 bits per heavy atom. The number of carboxylic acids is 3. The number of carboxylic acid groups (broad SMARTS) is 3. The highest BCUT2D eigenvalue weighted by Gasteiger charge is 2.16. The van der Waals surface area contributed by atoms with E-state index in [-0.39, 0.29) is 12.2 Å². The van der Waals surface area contributed by atoms with E-state index < -0.39 is 42.1 Å². The summed E-state index contributed by atoms with van der Waals surface area (Å²) in [6, 6.07) is 3.54. The molecule has 0 aliphatic rings. The molecule has 0 aliphatic heterocycles. The molecule has 4 atom stereocenters. The molecule has 0 saturated carbocycles. The van der Waals surface area contributed by atoms with Crippen LogP contribution in [0.25, 0.3) is 0 Å². The van der Waals surface area contributed by atoms with Gasteiger partial charge in [0.1, 0.15) is 23.9 Å².